The molecule has 1 fully saturated rings. The second-order valence-electron chi connectivity index (χ2n) is 14.1. The number of carbonyl (C=O) groups excluding carboxylic acids is 4. The summed E-state index contributed by atoms with van der Waals surface area (Å²) in [5.41, 5.74) is 6.54. The first kappa shape index (κ1) is 43.8. The lowest BCUT2D eigenvalue weighted by Gasteiger charge is -2.39. The van der Waals surface area contributed by atoms with Crippen molar-refractivity contribution in [1.82, 2.24) is 31.5 Å². The highest BCUT2D eigenvalue weighted by Gasteiger charge is 2.42. The van der Waals surface area contributed by atoms with Gasteiger partial charge < -0.3 is 42.3 Å². The number of nitrogens with two attached hydrogens (primary N) is 1. The monoisotopic (exact) mass is 723 g/mol. The van der Waals surface area contributed by atoms with Crippen LogP contribution in [0.1, 0.15) is 76.8 Å². The normalized spacial score (nSPS) is 15.3. The van der Waals surface area contributed by atoms with Crippen LogP contribution in [-0.2, 0) is 30.4 Å². The fourth-order valence-corrected chi connectivity index (χ4v) is 5.79. The van der Waals surface area contributed by atoms with Gasteiger partial charge in [0, 0.05) is 26.1 Å². The number of hydrogen-bond donors (Lipinski definition) is 7. The molecule has 2 aromatic carbocycles. The third kappa shape index (κ3) is 15.5. The molecule has 0 aromatic heterocycles. The van der Waals surface area contributed by atoms with E-state index in [1.165, 1.54) is 0 Å². The zero-order chi connectivity index (χ0) is 38.5. The number of nitrogens with one attached hydrogen (secondary N) is 5. The maximum atomic E-state index is 13.4. The summed E-state index contributed by atoms with van der Waals surface area (Å²) in [4.78, 5) is 66.0. The molecule has 3 rings (SSSR count). The Bertz CT molecular complexity index is 1380. The van der Waals surface area contributed by atoms with E-state index in [4.69, 9.17) is 5.73 Å². The molecule has 52 heavy (non-hydrogen) atoms. The number of hydrogen-bond acceptors (Lipinski definition) is 8. The van der Waals surface area contributed by atoms with Crippen molar-refractivity contribution in [1.29, 1.82) is 0 Å². The standard InChI is InChI=1S/C35H51N7O6.C4H10/c1-25(27-13-7-4-8-14-27)22-38-23-30(43)41-29(21-26-11-5-3-6-12-26)32(45)39-24-31(44)40-28(15-9-10-18-36)33(46)42-19-16-35(37-2,17-20-42)34(47)48;1-4(2)3/h3-8,11-14,25,28-29,37-38H,9-10,15-24,36H2,1-2H3,(H,39,45)(H,40,44)(H,41,43)(H,47,48);4H,1-3H3. The van der Waals surface area contributed by atoms with Gasteiger partial charge in [-0.3, -0.25) is 24.0 Å². The minimum absolute atomic E-state index is 0.0151. The van der Waals surface area contributed by atoms with Crippen LogP contribution in [-0.4, -0.2) is 104 Å². The van der Waals surface area contributed by atoms with Crippen LogP contribution >= 0.6 is 0 Å². The van der Waals surface area contributed by atoms with E-state index < -0.39 is 42.0 Å². The SMILES string of the molecule is CC(C)C.CNC1(C(=O)O)CCN(C(=O)C(CCCCN)NC(=O)CNC(=O)C(Cc2ccccc2)NC(=O)CNCC(C)c2ccccc2)CC1. The fraction of sp³-hybridized carbons (Fsp3) is 0.564. The highest BCUT2D eigenvalue weighted by atomic mass is 16.4. The molecule has 3 unspecified atom stereocenters. The minimum Gasteiger partial charge on any atom is -0.480 e. The van der Waals surface area contributed by atoms with E-state index in [2.05, 4.69) is 54.3 Å². The lowest BCUT2D eigenvalue weighted by Crippen LogP contribution is -2.60. The van der Waals surface area contributed by atoms with Gasteiger partial charge in [-0.05, 0) is 68.7 Å². The molecule has 8 N–H and O–H groups in total. The topological polar surface area (TPSA) is 195 Å². The van der Waals surface area contributed by atoms with Gasteiger partial charge in [0.15, 0.2) is 0 Å². The number of aliphatic carboxylic acids is 1. The number of carboxylic acids is 1. The molecule has 1 aliphatic heterocycles. The van der Waals surface area contributed by atoms with Gasteiger partial charge in [-0.15, -0.1) is 0 Å². The van der Waals surface area contributed by atoms with Gasteiger partial charge in [0.05, 0.1) is 13.1 Å². The van der Waals surface area contributed by atoms with Crippen LogP contribution in [0.15, 0.2) is 60.7 Å². The predicted molar refractivity (Wildman–Crippen MR) is 203 cm³/mol. The van der Waals surface area contributed by atoms with Gasteiger partial charge >= 0.3 is 5.97 Å². The Balaban J connectivity index is 0.00000222. The van der Waals surface area contributed by atoms with Crippen LogP contribution in [0.5, 0.6) is 0 Å². The highest BCUT2D eigenvalue weighted by Crippen LogP contribution is 2.23. The maximum absolute atomic E-state index is 13.4. The molecule has 1 saturated heterocycles. The minimum atomic E-state index is -1.10. The molecular formula is C39H61N7O6. The number of nitrogens with zero attached hydrogens (tertiary/aromatic N) is 1. The molecule has 4 amide bonds. The van der Waals surface area contributed by atoms with Crippen LogP contribution in [0.4, 0.5) is 0 Å². The first-order valence-electron chi connectivity index (χ1n) is 18.4. The van der Waals surface area contributed by atoms with Crippen LogP contribution in [0.3, 0.4) is 0 Å². The summed E-state index contributed by atoms with van der Waals surface area (Å²) in [6.45, 7) is 9.66. The average molecular weight is 724 g/mol. The van der Waals surface area contributed by atoms with E-state index in [0.29, 0.717) is 32.4 Å². The average Bonchev–Trinajstić information content (AvgIpc) is 3.13. The zero-order valence-electron chi connectivity index (χ0n) is 31.6. The lowest BCUT2D eigenvalue weighted by atomic mass is 9.87. The Morgan fingerprint density at radius 1 is 0.827 bits per heavy atom. The summed E-state index contributed by atoms with van der Waals surface area (Å²) in [5.74, 6) is -1.68. The van der Waals surface area contributed by atoms with Gasteiger partial charge in [-0.2, -0.15) is 0 Å². The molecule has 1 heterocycles. The Kier molecular flexibility index (Phi) is 19.6. The van der Waals surface area contributed by atoms with Gasteiger partial charge in [0.1, 0.15) is 17.6 Å². The van der Waals surface area contributed by atoms with Gasteiger partial charge in [-0.1, -0.05) is 88.4 Å². The molecule has 0 spiro atoms. The van der Waals surface area contributed by atoms with Crippen molar-refractivity contribution in [2.75, 3.05) is 46.3 Å². The number of unbranched alkanes of at least 4 members (excludes halogenated alkanes) is 1. The molecule has 288 valence electrons. The first-order chi connectivity index (χ1) is 24.8. The first-order valence-corrected chi connectivity index (χ1v) is 18.4. The molecule has 2 aromatic rings. The highest BCUT2D eigenvalue weighted by molar-refractivity contribution is 5.93. The Labute approximate surface area is 309 Å². The summed E-state index contributed by atoms with van der Waals surface area (Å²) in [6.07, 6.45) is 2.32. The number of carbonyl (C=O) groups is 5. The summed E-state index contributed by atoms with van der Waals surface area (Å²) >= 11 is 0. The zero-order valence-corrected chi connectivity index (χ0v) is 31.6. The molecule has 0 aliphatic carbocycles. The van der Waals surface area contributed by atoms with Crippen molar-refractivity contribution in [3.63, 3.8) is 0 Å². The van der Waals surface area contributed by atoms with E-state index in [9.17, 15) is 29.1 Å². The van der Waals surface area contributed by atoms with Crippen LogP contribution in [0.2, 0.25) is 0 Å². The number of carboxylic acid groups (broad SMARTS) is 1. The fourth-order valence-electron chi connectivity index (χ4n) is 5.79. The van der Waals surface area contributed by atoms with E-state index in [1.54, 1.807) is 11.9 Å². The van der Waals surface area contributed by atoms with Gasteiger partial charge in [0.25, 0.3) is 0 Å². The Morgan fingerprint density at radius 2 is 1.38 bits per heavy atom. The van der Waals surface area contributed by atoms with Gasteiger partial charge in [-0.25, -0.2) is 0 Å². The van der Waals surface area contributed by atoms with Gasteiger partial charge in [0.2, 0.25) is 23.6 Å². The molecular weight excluding hydrogens is 662 g/mol. The van der Waals surface area contributed by atoms with Crippen molar-refractivity contribution >= 4 is 29.6 Å². The second-order valence-corrected chi connectivity index (χ2v) is 14.1. The third-order valence-corrected chi connectivity index (χ3v) is 8.86. The van der Waals surface area contributed by atoms with Crippen LogP contribution < -0.4 is 32.3 Å². The number of amides is 4. The summed E-state index contributed by atoms with van der Waals surface area (Å²) in [6, 6.07) is 17.4. The quantitative estimate of drug-likeness (QED) is 0.106. The second kappa shape index (κ2) is 23.3. The Morgan fingerprint density at radius 3 is 1.94 bits per heavy atom. The number of piperidine rings is 1. The number of benzene rings is 2. The molecule has 3 atom stereocenters. The molecule has 0 bridgehead atoms. The summed E-state index contributed by atoms with van der Waals surface area (Å²) < 4.78 is 0. The molecule has 1 aliphatic rings. The Hall–Kier alpha value is -4.33. The smallest absolute Gasteiger partial charge is 0.324 e. The van der Waals surface area contributed by atoms with Crippen molar-refractivity contribution in [2.45, 2.75) is 89.8 Å². The number of likely N-dealkylation sites (tertiary alicyclic amines) is 1. The van der Waals surface area contributed by atoms with Crippen molar-refractivity contribution in [3.8, 4) is 0 Å². The molecule has 0 saturated carbocycles. The maximum Gasteiger partial charge on any atom is 0.324 e. The van der Waals surface area contributed by atoms with Crippen LogP contribution in [0, 0.1) is 5.92 Å². The van der Waals surface area contributed by atoms with E-state index in [-0.39, 0.29) is 56.6 Å². The summed E-state index contributed by atoms with van der Waals surface area (Å²) in [7, 11) is 1.59. The molecule has 0 radical (unpaired) electrons. The lowest BCUT2D eigenvalue weighted by molar-refractivity contribution is -0.149. The number of likely N-dealkylation sites (N-methyl/N-ethyl adjacent to an activating group) is 1. The van der Waals surface area contributed by atoms with Crippen LogP contribution in [0.25, 0.3) is 0 Å². The van der Waals surface area contributed by atoms with Crippen molar-refractivity contribution in [3.05, 3.63) is 71.8 Å². The van der Waals surface area contributed by atoms with Crippen molar-refractivity contribution in [2.24, 2.45) is 11.7 Å². The van der Waals surface area contributed by atoms with E-state index in [1.807, 2.05) is 60.7 Å². The molecule has 13 nitrogen and oxygen atoms in total. The summed E-state index contributed by atoms with van der Waals surface area (Å²) in [5, 5.41) is 23.9. The molecule has 13 heteroatoms. The van der Waals surface area contributed by atoms with Crippen molar-refractivity contribution < 1.29 is 29.1 Å². The van der Waals surface area contributed by atoms with E-state index in [0.717, 1.165) is 17.0 Å². The largest absolute Gasteiger partial charge is 0.480 e. The third-order valence-electron chi connectivity index (χ3n) is 8.86. The van der Waals surface area contributed by atoms with E-state index >= 15 is 0 Å². The number of rotatable bonds is 19. The predicted octanol–water partition coefficient (Wildman–Crippen LogP) is 2.16.